The monoisotopic (exact) mass is 388 g/mol. The van der Waals surface area contributed by atoms with E-state index < -0.39 is 0 Å². The van der Waals surface area contributed by atoms with Gasteiger partial charge in [0.1, 0.15) is 17.7 Å². The third kappa shape index (κ3) is 3.54. The van der Waals surface area contributed by atoms with Crippen LogP contribution in [0.15, 0.2) is 48.5 Å². The van der Waals surface area contributed by atoms with Crippen LogP contribution in [0, 0.1) is 5.82 Å². The van der Waals surface area contributed by atoms with Crippen molar-refractivity contribution in [1.82, 2.24) is 19.8 Å². The molecule has 4 aromatic rings. The van der Waals surface area contributed by atoms with E-state index in [0.29, 0.717) is 22.2 Å². The Bertz CT molecular complexity index is 1030. The van der Waals surface area contributed by atoms with Gasteiger partial charge in [-0.05, 0) is 48.9 Å². The predicted molar refractivity (Wildman–Crippen MR) is 98.4 cm³/mol. The summed E-state index contributed by atoms with van der Waals surface area (Å²) >= 11 is 7.34. The first kappa shape index (κ1) is 16.9. The normalized spacial score (nSPS) is 12.4. The standard InChI is InChI=1S/C18H14ClFN4OS/c1-11(25-15-8-6-14(20)7-9-15)17-23-24-16(21-22-18(24)26-17)10-12-2-4-13(19)5-3-12/h2-9,11H,10H2,1H3/t11-/m1/s1. The minimum absolute atomic E-state index is 0.282. The summed E-state index contributed by atoms with van der Waals surface area (Å²) in [5, 5.41) is 14.5. The molecule has 0 unspecified atom stereocenters. The highest BCUT2D eigenvalue weighted by Gasteiger charge is 2.17. The molecule has 2 aromatic heterocycles. The van der Waals surface area contributed by atoms with E-state index in [1.54, 1.807) is 16.6 Å². The maximum atomic E-state index is 13.0. The molecule has 0 aliphatic heterocycles. The zero-order valence-corrected chi connectivity index (χ0v) is 15.3. The van der Waals surface area contributed by atoms with Crippen molar-refractivity contribution in [1.29, 1.82) is 0 Å². The molecule has 2 heterocycles. The molecule has 4 rings (SSSR count). The maximum Gasteiger partial charge on any atom is 0.234 e. The number of hydrogen-bond donors (Lipinski definition) is 0. The summed E-state index contributed by atoms with van der Waals surface area (Å²) in [6.45, 7) is 1.90. The molecule has 8 heteroatoms. The number of ether oxygens (including phenoxy) is 1. The van der Waals surface area contributed by atoms with E-state index in [4.69, 9.17) is 16.3 Å². The molecule has 0 fully saturated rings. The zero-order chi connectivity index (χ0) is 18.1. The van der Waals surface area contributed by atoms with Crippen molar-refractivity contribution in [2.75, 3.05) is 0 Å². The van der Waals surface area contributed by atoms with E-state index in [1.165, 1.54) is 23.5 Å². The molecular formula is C18H14ClFN4OS. The average molecular weight is 389 g/mol. The predicted octanol–water partition coefficient (Wildman–Crippen LogP) is 4.71. The highest BCUT2D eigenvalue weighted by Crippen LogP contribution is 2.26. The Hall–Kier alpha value is -2.51. The summed E-state index contributed by atoms with van der Waals surface area (Å²) in [6.07, 6.45) is 0.324. The Morgan fingerprint density at radius 3 is 2.58 bits per heavy atom. The highest BCUT2D eigenvalue weighted by molar-refractivity contribution is 7.16. The van der Waals surface area contributed by atoms with Gasteiger partial charge in [0.05, 0.1) is 0 Å². The van der Waals surface area contributed by atoms with Gasteiger partial charge >= 0.3 is 0 Å². The molecule has 0 amide bonds. The van der Waals surface area contributed by atoms with Crippen LogP contribution in [0.2, 0.25) is 5.02 Å². The molecule has 0 saturated heterocycles. The Balaban J connectivity index is 1.54. The van der Waals surface area contributed by atoms with Gasteiger partial charge in [-0.15, -0.1) is 10.2 Å². The average Bonchev–Trinajstić information content (AvgIpc) is 3.21. The Morgan fingerprint density at radius 2 is 1.85 bits per heavy atom. The lowest BCUT2D eigenvalue weighted by Crippen LogP contribution is -2.05. The maximum absolute atomic E-state index is 13.0. The summed E-state index contributed by atoms with van der Waals surface area (Å²) in [6, 6.07) is 13.5. The second kappa shape index (κ2) is 7.01. The van der Waals surface area contributed by atoms with Gasteiger partial charge in [0.25, 0.3) is 0 Å². The number of fused-ring (bicyclic) bond motifs is 1. The summed E-state index contributed by atoms with van der Waals surface area (Å²) in [5.74, 6) is 1.04. The van der Waals surface area contributed by atoms with Crippen molar-refractivity contribution < 1.29 is 9.13 Å². The van der Waals surface area contributed by atoms with E-state index in [9.17, 15) is 4.39 Å². The van der Waals surface area contributed by atoms with Gasteiger partial charge in [0.15, 0.2) is 10.8 Å². The van der Waals surface area contributed by atoms with E-state index in [-0.39, 0.29) is 11.9 Å². The van der Waals surface area contributed by atoms with Crippen LogP contribution in [-0.2, 0) is 6.42 Å². The molecule has 1 atom stereocenters. The number of rotatable bonds is 5. The van der Waals surface area contributed by atoms with Crippen molar-refractivity contribution in [3.63, 3.8) is 0 Å². The fraction of sp³-hybridized carbons (Fsp3) is 0.167. The minimum atomic E-state index is -0.296. The largest absolute Gasteiger partial charge is 0.483 e. The number of benzene rings is 2. The molecule has 0 N–H and O–H groups in total. The topological polar surface area (TPSA) is 52.3 Å². The van der Waals surface area contributed by atoms with Gasteiger partial charge in [0.2, 0.25) is 4.96 Å². The molecule has 0 spiro atoms. The van der Waals surface area contributed by atoms with Crippen LogP contribution in [0.5, 0.6) is 5.75 Å². The Morgan fingerprint density at radius 1 is 1.12 bits per heavy atom. The van der Waals surface area contributed by atoms with Gasteiger partial charge in [0, 0.05) is 11.4 Å². The van der Waals surface area contributed by atoms with E-state index >= 15 is 0 Å². The first-order valence-electron chi connectivity index (χ1n) is 7.96. The smallest absolute Gasteiger partial charge is 0.234 e. The molecule has 2 aromatic carbocycles. The highest BCUT2D eigenvalue weighted by atomic mass is 35.5. The molecule has 0 saturated carbocycles. The fourth-order valence-electron chi connectivity index (χ4n) is 2.50. The second-order valence-electron chi connectivity index (χ2n) is 5.77. The Labute approximate surface area is 158 Å². The molecular weight excluding hydrogens is 375 g/mol. The molecule has 0 aliphatic carbocycles. The van der Waals surface area contributed by atoms with Gasteiger partial charge < -0.3 is 4.74 Å². The van der Waals surface area contributed by atoms with Gasteiger partial charge in [-0.1, -0.05) is 35.1 Å². The number of hydrogen-bond acceptors (Lipinski definition) is 5. The lowest BCUT2D eigenvalue weighted by molar-refractivity contribution is 0.224. The van der Waals surface area contributed by atoms with Gasteiger partial charge in [-0.2, -0.15) is 9.61 Å². The van der Waals surface area contributed by atoms with Crippen LogP contribution in [-0.4, -0.2) is 19.8 Å². The van der Waals surface area contributed by atoms with Crippen LogP contribution < -0.4 is 4.74 Å². The first-order chi connectivity index (χ1) is 12.6. The molecule has 0 aliphatic rings. The van der Waals surface area contributed by atoms with Crippen LogP contribution in [0.3, 0.4) is 0 Å². The lowest BCUT2D eigenvalue weighted by Gasteiger charge is -2.11. The molecule has 0 radical (unpaired) electrons. The third-order valence-electron chi connectivity index (χ3n) is 3.82. The second-order valence-corrected chi connectivity index (χ2v) is 7.19. The summed E-state index contributed by atoms with van der Waals surface area (Å²) in [5.41, 5.74) is 1.08. The van der Waals surface area contributed by atoms with Gasteiger partial charge in [-0.25, -0.2) is 4.39 Å². The molecule has 5 nitrogen and oxygen atoms in total. The van der Waals surface area contributed by atoms with E-state index in [0.717, 1.165) is 16.4 Å². The molecule has 26 heavy (non-hydrogen) atoms. The number of nitrogens with zero attached hydrogens (tertiary/aromatic N) is 4. The number of halogens is 2. The summed E-state index contributed by atoms with van der Waals surface area (Å²) in [4.78, 5) is 0.707. The number of aromatic nitrogens is 4. The van der Waals surface area contributed by atoms with Crippen molar-refractivity contribution in [2.45, 2.75) is 19.4 Å². The van der Waals surface area contributed by atoms with Gasteiger partial charge in [-0.3, -0.25) is 0 Å². The fourth-order valence-corrected chi connectivity index (χ4v) is 3.46. The molecule has 0 bridgehead atoms. The summed E-state index contributed by atoms with van der Waals surface area (Å²) in [7, 11) is 0. The van der Waals surface area contributed by atoms with Crippen LogP contribution >= 0.6 is 22.9 Å². The Kier molecular flexibility index (Phi) is 4.57. The van der Waals surface area contributed by atoms with E-state index in [1.807, 2.05) is 31.2 Å². The van der Waals surface area contributed by atoms with Crippen LogP contribution in [0.1, 0.15) is 29.4 Å². The third-order valence-corrected chi connectivity index (χ3v) is 5.13. The summed E-state index contributed by atoms with van der Waals surface area (Å²) < 4.78 is 20.6. The zero-order valence-electron chi connectivity index (χ0n) is 13.8. The van der Waals surface area contributed by atoms with Crippen molar-refractivity contribution >= 4 is 27.9 Å². The van der Waals surface area contributed by atoms with Crippen molar-refractivity contribution in [3.05, 3.63) is 75.8 Å². The van der Waals surface area contributed by atoms with Crippen LogP contribution in [0.4, 0.5) is 4.39 Å². The van der Waals surface area contributed by atoms with E-state index in [2.05, 4.69) is 15.3 Å². The minimum Gasteiger partial charge on any atom is -0.483 e. The quantitative estimate of drug-likeness (QED) is 0.497. The van der Waals surface area contributed by atoms with Crippen molar-refractivity contribution in [2.24, 2.45) is 0 Å². The van der Waals surface area contributed by atoms with Crippen LogP contribution in [0.25, 0.3) is 4.96 Å². The molecule has 132 valence electrons. The van der Waals surface area contributed by atoms with Crippen molar-refractivity contribution in [3.8, 4) is 5.75 Å². The SMILES string of the molecule is C[C@@H](Oc1ccc(F)cc1)c1nn2c(Cc3ccc(Cl)cc3)nnc2s1. The first-order valence-corrected chi connectivity index (χ1v) is 9.15. The lowest BCUT2D eigenvalue weighted by atomic mass is 10.1.